The van der Waals surface area contributed by atoms with E-state index in [2.05, 4.69) is 0 Å². The minimum absolute atomic E-state index is 0. The first kappa shape index (κ1) is 16.8. The SMILES string of the molecule is CC(O)CCCCCCCCC(=O)[O-].[NH4+]. The van der Waals surface area contributed by atoms with E-state index in [0.29, 0.717) is 0 Å². The Kier molecular flexibility index (Phi) is 12.8. The van der Waals surface area contributed by atoms with Crippen LogP contribution in [0.3, 0.4) is 0 Å². The van der Waals surface area contributed by atoms with Crippen LogP contribution in [0.15, 0.2) is 0 Å². The molecule has 0 aromatic carbocycles. The van der Waals surface area contributed by atoms with E-state index in [1.165, 1.54) is 0 Å². The molecule has 0 aromatic rings. The van der Waals surface area contributed by atoms with Gasteiger partial charge in [0.2, 0.25) is 0 Å². The van der Waals surface area contributed by atoms with E-state index in [1.54, 1.807) is 6.92 Å². The molecule has 4 nitrogen and oxygen atoms in total. The van der Waals surface area contributed by atoms with Crippen molar-refractivity contribution in [1.29, 1.82) is 0 Å². The second kappa shape index (κ2) is 11.5. The molecule has 0 spiro atoms. The number of carbonyl (C=O) groups is 1. The van der Waals surface area contributed by atoms with Crippen LogP contribution in [0.2, 0.25) is 0 Å². The monoisotopic (exact) mass is 219 g/mol. The standard InChI is InChI=1S/C11H22O3.H3N/c1-10(12)8-6-4-2-3-5-7-9-11(13)14;/h10,12H,2-9H2,1H3,(H,13,14);1H3. The number of carbonyl (C=O) groups excluding carboxylic acids is 1. The highest BCUT2D eigenvalue weighted by atomic mass is 16.4. The van der Waals surface area contributed by atoms with Crippen molar-refractivity contribution >= 4 is 5.97 Å². The lowest BCUT2D eigenvalue weighted by atomic mass is 10.1. The van der Waals surface area contributed by atoms with Crippen molar-refractivity contribution in [2.75, 3.05) is 0 Å². The van der Waals surface area contributed by atoms with E-state index in [9.17, 15) is 9.90 Å². The first-order valence-electron chi connectivity index (χ1n) is 5.51. The van der Waals surface area contributed by atoms with Crippen LogP contribution < -0.4 is 11.3 Å². The van der Waals surface area contributed by atoms with Gasteiger partial charge in [-0.2, -0.15) is 0 Å². The van der Waals surface area contributed by atoms with E-state index >= 15 is 0 Å². The number of aliphatic hydroxyl groups excluding tert-OH is 1. The Labute approximate surface area is 92.3 Å². The van der Waals surface area contributed by atoms with Crippen molar-refractivity contribution in [1.82, 2.24) is 6.15 Å². The Morgan fingerprint density at radius 1 is 1.13 bits per heavy atom. The summed E-state index contributed by atoms with van der Waals surface area (Å²) in [5.74, 6) is -0.945. The summed E-state index contributed by atoms with van der Waals surface area (Å²) in [4.78, 5) is 10.1. The summed E-state index contributed by atoms with van der Waals surface area (Å²) in [7, 11) is 0. The number of aliphatic carboxylic acids is 1. The van der Waals surface area contributed by atoms with Gasteiger partial charge in [-0.15, -0.1) is 0 Å². The lowest BCUT2D eigenvalue weighted by molar-refractivity contribution is -0.305. The zero-order valence-corrected chi connectivity index (χ0v) is 10.00. The molecule has 0 aromatic heterocycles. The van der Waals surface area contributed by atoms with Gasteiger partial charge in [-0.05, 0) is 26.2 Å². The van der Waals surface area contributed by atoms with Crippen LogP contribution in [0.1, 0.15) is 58.3 Å². The molecule has 0 radical (unpaired) electrons. The van der Waals surface area contributed by atoms with Gasteiger partial charge in [0.1, 0.15) is 0 Å². The van der Waals surface area contributed by atoms with Crippen molar-refractivity contribution in [2.45, 2.75) is 64.4 Å². The molecule has 5 N–H and O–H groups in total. The third kappa shape index (κ3) is 16.1. The fourth-order valence-electron chi connectivity index (χ4n) is 1.42. The Morgan fingerprint density at radius 2 is 1.60 bits per heavy atom. The highest BCUT2D eigenvalue weighted by Crippen LogP contribution is 2.09. The Balaban J connectivity index is 0. The molecule has 0 rings (SSSR count). The van der Waals surface area contributed by atoms with Gasteiger partial charge in [-0.3, -0.25) is 0 Å². The van der Waals surface area contributed by atoms with E-state index in [4.69, 9.17) is 5.11 Å². The summed E-state index contributed by atoms with van der Waals surface area (Å²) < 4.78 is 0. The smallest absolute Gasteiger partial charge is 0.0512 e. The Bertz CT molecular complexity index is 149. The molecule has 0 amide bonds. The zero-order valence-electron chi connectivity index (χ0n) is 10.00. The lowest BCUT2D eigenvalue weighted by Crippen LogP contribution is -2.21. The molecule has 0 fully saturated rings. The van der Waals surface area contributed by atoms with Crippen LogP contribution in [0, 0.1) is 0 Å². The van der Waals surface area contributed by atoms with Crippen molar-refractivity contribution in [3.05, 3.63) is 0 Å². The summed E-state index contributed by atoms with van der Waals surface area (Å²) >= 11 is 0. The van der Waals surface area contributed by atoms with Crippen molar-refractivity contribution in [3.63, 3.8) is 0 Å². The third-order valence-corrected chi connectivity index (χ3v) is 2.25. The molecule has 0 bridgehead atoms. The molecule has 4 heteroatoms. The number of rotatable bonds is 9. The van der Waals surface area contributed by atoms with Crippen LogP contribution in [-0.4, -0.2) is 17.2 Å². The van der Waals surface area contributed by atoms with E-state index in [-0.39, 0.29) is 18.7 Å². The number of hydrogen-bond acceptors (Lipinski definition) is 3. The fourth-order valence-corrected chi connectivity index (χ4v) is 1.42. The predicted octanol–water partition coefficient (Wildman–Crippen LogP) is 1.61. The average Bonchev–Trinajstić information content (AvgIpc) is 2.08. The van der Waals surface area contributed by atoms with Crippen LogP contribution in [-0.2, 0) is 4.79 Å². The zero-order chi connectivity index (χ0) is 10.8. The summed E-state index contributed by atoms with van der Waals surface area (Å²) in [6.45, 7) is 1.81. The van der Waals surface area contributed by atoms with Crippen LogP contribution in [0.5, 0.6) is 0 Å². The van der Waals surface area contributed by atoms with Crippen molar-refractivity contribution in [2.24, 2.45) is 0 Å². The first-order valence-corrected chi connectivity index (χ1v) is 5.51. The van der Waals surface area contributed by atoms with Crippen LogP contribution in [0.4, 0.5) is 0 Å². The number of hydrogen-bond donors (Lipinski definition) is 2. The van der Waals surface area contributed by atoms with Gasteiger partial charge >= 0.3 is 0 Å². The number of quaternary nitrogens is 1. The molecular formula is C11H25NO3. The molecule has 0 saturated carbocycles. The van der Waals surface area contributed by atoms with Gasteiger partial charge in [-0.1, -0.05) is 32.1 Å². The number of carboxylic acids is 1. The summed E-state index contributed by atoms with van der Waals surface area (Å²) in [5, 5.41) is 19.1. The molecule has 15 heavy (non-hydrogen) atoms. The molecule has 1 atom stereocenters. The molecular weight excluding hydrogens is 194 g/mol. The van der Waals surface area contributed by atoms with Gasteiger partial charge in [0.15, 0.2) is 0 Å². The summed E-state index contributed by atoms with van der Waals surface area (Å²) in [6.07, 6.45) is 7.02. The highest BCUT2D eigenvalue weighted by molar-refractivity contribution is 5.63. The summed E-state index contributed by atoms with van der Waals surface area (Å²) in [5.41, 5.74) is 0. The molecule has 0 saturated heterocycles. The minimum Gasteiger partial charge on any atom is -0.550 e. The van der Waals surface area contributed by atoms with Gasteiger partial charge in [0.05, 0.1) is 6.10 Å². The third-order valence-electron chi connectivity index (χ3n) is 2.25. The number of aliphatic hydroxyl groups is 1. The average molecular weight is 219 g/mol. The van der Waals surface area contributed by atoms with Gasteiger partial charge in [0, 0.05) is 5.97 Å². The second-order valence-electron chi connectivity index (χ2n) is 3.88. The van der Waals surface area contributed by atoms with E-state index in [0.717, 1.165) is 44.9 Å². The van der Waals surface area contributed by atoms with Gasteiger partial charge < -0.3 is 21.2 Å². The maximum absolute atomic E-state index is 10.1. The highest BCUT2D eigenvalue weighted by Gasteiger charge is 1.95. The maximum atomic E-state index is 10.1. The second-order valence-corrected chi connectivity index (χ2v) is 3.88. The fraction of sp³-hybridized carbons (Fsp3) is 0.909. The van der Waals surface area contributed by atoms with E-state index < -0.39 is 5.97 Å². The van der Waals surface area contributed by atoms with Gasteiger partial charge in [-0.25, -0.2) is 0 Å². The molecule has 0 heterocycles. The largest absolute Gasteiger partial charge is 0.550 e. The topological polar surface area (TPSA) is 96.9 Å². The summed E-state index contributed by atoms with van der Waals surface area (Å²) in [6, 6.07) is 0. The Morgan fingerprint density at radius 3 is 2.07 bits per heavy atom. The molecule has 0 aliphatic heterocycles. The normalized spacial score (nSPS) is 11.9. The maximum Gasteiger partial charge on any atom is 0.0512 e. The molecule has 0 aliphatic carbocycles. The Hall–Kier alpha value is -0.610. The number of carboxylic acid groups (broad SMARTS) is 1. The lowest BCUT2D eigenvalue weighted by Gasteiger charge is -2.04. The number of unbranched alkanes of at least 4 members (excludes halogenated alkanes) is 5. The molecule has 0 aliphatic rings. The van der Waals surface area contributed by atoms with E-state index in [1.807, 2.05) is 0 Å². The van der Waals surface area contributed by atoms with Crippen molar-refractivity contribution < 1.29 is 15.0 Å². The quantitative estimate of drug-likeness (QED) is 0.576. The van der Waals surface area contributed by atoms with Crippen molar-refractivity contribution in [3.8, 4) is 0 Å². The van der Waals surface area contributed by atoms with Crippen LogP contribution >= 0.6 is 0 Å². The molecule has 92 valence electrons. The first-order chi connectivity index (χ1) is 6.63. The van der Waals surface area contributed by atoms with Gasteiger partial charge in [0.25, 0.3) is 0 Å². The minimum atomic E-state index is -0.945. The van der Waals surface area contributed by atoms with Crippen LogP contribution in [0.25, 0.3) is 0 Å². The molecule has 1 unspecified atom stereocenters. The predicted molar refractivity (Wildman–Crippen MR) is 59.6 cm³/mol.